The van der Waals surface area contributed by atoms with E-state index in [0.29, 0.717) is 10.1 Å². The van der Waals surface area contributed by atoms with Crippen molar-refractivity contribution < 1.29 is 4.39 Å². The molecule has 0 saturated heterocycles. The van der Waals surface area contributed by atoms with E-state index in [1.165, 1.54) is 0 Å². The topological polar surface area (TPSA) is 24.1 Å². The lowest BCUT2D eigenvalue weighted by Crippen LogP contribution is -2.29. The summed E-state index contributed by atoms with van der Waals surface area (Å²) >= 11 is 10.7. The van der Waals surface area contributed by atoms with Crippen molar-refractivity contribution in [1.82, 2.24) is 5.32 Å². The molecule has 0 unspecified atom stereocenters. The zero-order valence-corrected chi connectivity index (χ0v) is 8.96. The largest absolute Gasteiger partial charge is 0.360 e. The van der Waals surface area contributed by atoms with E-state index >= 15 is 0 Å². The normalized spacial score (nSPS) is 9.57. The fraction of sp³-hybridized carbons (Fsp3) is 0.222. The summed E-state index contributed by atoms with van der Waals surface area (Å²) in [7, 11) is 0. The fourth-order valence-electron chi connectivity index (χ4n) is 0.902. The van der Waals surface area contributed by atoms with Gasteiger partial charge in [0.05, 0.1) is 0 Å². The molecule has 1 aromatic carbocycles. The van der Waals surface area contributed by atoms with Gasteiger partial charge in [-0.05, 0) is 30.4 Å². The number of alkyl halides is 1. The van der Waals surface area contributed by atoms with Gasteiger partial charge in [0.2, 0.25) is 0 Å². The van der Waals surface area contributed by atoms with Crippen molar-refractivity contribution in [3.63, 3.8) is 0 Å². The first kappa shape index (κ1) is 11.2. The Morgan fingerprint density at radius 3 is 2.93 bits per heavy atom. The van der Waals surface area contributed by atoms with E-state index in [-0.39, 0.29) is 6.54 Å². The molecule has 2 N–H and O–H groups in total. The number of anilines is 1. The lowest BCUT2D eigenvalue weighted by Gasteiger charge is -2.08. The molecule has 0 aliphatic heterocycles. The van der Waals surface area contributed by atoms with Gasteiger partial charge >= 0.3 is 0 Å². The molecule has 0 bridgehead atoms. The van der Waals surface area contributed by atoms with Crippen LogP contribution >= 0.6 is 23.8 Å². The average Bonchev–Trinajstić information content (AvgIpc) is 2.15. The summed E-state index contributed by atoms with van der Waals surface area (Å²) < 4.78 is 11.8. The van der Waals surface area contributed by atoms with Crippen LogP contribution in [0.4, 0.5) is 10.1 Å². The van der Waals surface area contributed by atoms with Crippen LogP contribution in [0.15, 0.2) is 24.3 Å². The lowest BCUT2D eigenvalue weighted by atomic mass is 10.3. The molecule has 0 atom stereocenters. The lowest BCUT2D eigenvalue weighted by molar-refractivity contribution is 0.492. The molecule has 0 aliphatic carbocycles. The summed E-state index contributed by atoms with van der Waals surface area (Å²) in [5.41, 5.74) is 0.786. The van der Waals surface area contributed by atoms with Gasteiger partial charge in [-0.2, -0.15) is 0 Å². The van der Waals surface area contributed by atoms with Gasteiger partial charge in [0, 0.05) is 17.3 Å². The Kier molecular flexibility index (Phi) is 4.62. The van der Waals surface area contributed by atoms with Gasteiger partial charge in [0.15, 0.2) is 5.11 Å². The molecule has 2 nitrogen and oxygen atoms in total. The van der Waals surface area contributed by atoms with Crippen molar-refractivity contribution in [1.29, 1.82) is 0 Å². The van der Waals surface area contributed by atoms with E-state index in [4.69, 9.17) is 23.8 Å². The Bertz CT molecular complexity index is 319. The minimum atomic E-state index is -0.447. The SMILES string of the molecule is FCCNC(=S)Nc1cccc(Cl)c1. The Morgan fingerprint density at radius 1 is 1.50 bits per heavy atom. The van der Waals surface area contributed by atoms with Crippen LogP contribution in [-0.4, -0.2) is 18.3 Å². The summed E-state index contributed by atoms with van der Waals surface area (Å²) in [6.45, 7) is -0.232. The summed E-state index contributed by atoms with van der Waals surface area (Å²) in [5.74, 6) is 0. The fourth-order valence-corrected chi connectivity index (χ4v) is 1.31. The Hall–Kier alpha value is -0.870. The zero-order valence-electron chi connectivity index (χ0n) is 7.39. The number of halogens is 2. The summed E-state index contributed by atoms with van der Waals surface area (Å²) in [6.07, 6.45) is 0. The molecule has 0 radical (unpaired) electrons. The van der Waals surface area contributed by atoms with E-state index in [9.17, 15) is 4.39 Å². The quantitative estimate of drug-likeness (QED) is 0.784. The Morgan fingerprint density at radius 2 is 2.29 bits per heavy atom. The summed E-state index contributed by atoms with van der Waals surface area (Å²) in [5, 5.41) is 6.61. The molecule has 1 aromatic rings. The van der Waals surface area contributed by atoms with Gasteiger partial charge in [-0.1, -0.05) is 17.7 Å². The van der Waals surface area contributed by atoms with Crippen LogP contribution in [0.2, 0.25) is 5.02 Å². The molecule has 0 amide bonds. The number of nitrogens with one attached hydrogen (secondary N) is 2. The van der Waals surface area contributed by atoms with E-state index in [2.05, 4.69) is 10.6 Å². The molecular formula is C9H10ClFN2S. The third-order valence-corrected chi connectivity index (χ3v) is 1.94. The van der Waals surface area contributed by atoms with Gasteiger partial charge in [0.25, 0.3) is 0 Å². The molecule has 0 heterocycles. The third-order valence-electron chi connectivity index (χ3n) is 1.46. The second-order valence-electron chi connectivity index (χ2n) is 2.58. The molecule has 0 fully saturated rings. The number of benzene rings is 1. The highest BCUT2D eigenvalue weighted by Gasteiger charge is 1.96. The van der Waals surface area contributed by atoms with E-state index in [1.807, 2.05) is 12.1 Å². The van der Waals surface area contributed by atoms with Gasteiger partial charge < -0.3 is 10.6 Å². The molecule has 14 heavy (non-hydrogen) atoms. The van der Waals surface area contributed by atoms with Crippen LogP contribution < -0.4 is 10.6 Å². The molecular weight excluding hydrogens is 223 g/mol. The highest BCUT2D eigenvalue weighted by atomic mass is 35.5. The van der Waals surface area contributed by atoms with E-state index in [1.54, 1.807) is 12.1 Å². The van der Waals surface area contributed by atoms with E-state index < -0.39 is 6.67 Å². The Labute approximate surface area is 92.5 Å². The molecule has 1 rings (SSSR count). The Balaban J connectivity index is 2.47. The average molecular weight is 233 g/mol. The molecule has 0 aliphatic rings. The monoisotopic (exact) mass is 232 g/mol. The maximum atomic E-state index is 11.8. The highest BCUT2D eigenvalue weighted by molar-refractivity contribution is 7.80. The highest BCUT2D eigenvalue weighted by Crippen LogP contribution is 2.14. The predicted octanol–water partition coefficient (Wildman–Crippen LogP) is 2.60. The standard InChI is InChI=1S/C9H10ClFN2S/c10-7-2-1-3-8(6-7)13-9(14)12-5-4-11/h1-3,6H,4-5H2,(H2,12,13,14). The third kappa shape index (κ3) is 3.89. The van der Waals surface area contributed by atoms with E-state index in [0.717, 1.165) is 5.69 Å². The maximum Gasteiger partial charge on any atom is 0.170 e. The smallest absolute Gasteiger partial charge is 0.170 e. The van der Waals surface area contributed by atoms with Crippen molar-refractivity contribution in [2.45, 2.75) is 0 Å². The van der Waals surface area contributed by atoms with Crippen molar-refractivity contribution in [2.24, 2.45) is 0 Å². The van der Waals surface area contributed by atoms with Crippen molar-refractivity contribution >= 4 is 34.6 Å². The number of hydrogen-bond acceptors (Lipinski definition) is 1. The van der Waals surface area contributed by atoms with Gasteiger partial charge in [-0.25, -0.2) is 4.39 Å². The van der Waals surface area contributed by atoms with Crippen LogP contribution in [0.3, 0.4) is 0 Å². The van der Waals surface area contributed by atoms with Gasteiger partial charge in [0.1, 0.15) is 6.67 Å². The van der Waals surface area contributed by atoms with Crippen molar-refractivity contribution in [3.05, 3.63) is 29.3 Å². The predicted molar refractivity (Wildman–Crippen MR) is 61.7 cm³/mol. The first-order chi connectivity index (χ1) is 6.72. The molecule has 0 spiro atoms. The molecule has 5 heteroatoms. The minimum Gasteiger partial charge on any atom is -0.360 e. The zero-order chi connectivity index (χ0) is 10.4. The second-order valence-corrected chi connectivity index (χ2v) is 3.42. The van der Waals surface area contributed by atoms with Crippen LogP contribution in [0.1, 0.15) is 0 Å². The second kappa shape index (κ2) is 5.78. The van der Waals surface area contributed by atoms with Crippen LogP contribution in [0.5, 0.6) is 0 Å². The molecule has 0 aromatic heterocycles. The number of thiocarbonyl (C=S) groups is 1. The maximum absolute atomic E-state index is 11.8. The number of rotatable bonds is 3. The van der Waals surface area contributed by atoms with Crippen LogP contribution in [0, 0.1) is 0 Å². The molecule has 76 valence electrons. The van der Waals surface area contributed by atoms with Crippen molar-refractivity contribution in [2.75, 3.05) is 18.5 Å². The minimum absolute atomic E-state index is 0.215. The first-order valence-electron chi connectivity index (χ1n) is 4.09. The first-order valence-corrected chi connectivity index (χ1v) is 4.87. The van der Waals surface area contributed by atoms with Crippen molar-refractivity contribution in [3.8, 4) is 0 Å². The van der Waals surface area contributed by atoms with Gasteiger partial charge in [-0.3, -0.25) is 0 Å². The van der Waals surface area contributed by atoms with Crippen LogP contribution in [0.25, 0.3) is 0 Å². The van der Waals surface area contributed by atoms with Gasteiger partial charge in [-0.15, -0.1) is 0 Å². The summed E-state index contributed by atoms with van der Waals surface area (Å²) in [4.78, 5) is 0. The number of hydrogen-bond donors (Lipinski definition) is 2. The van der Waals surface area contributed by atoms with Crippen LogP contribution in [-0.2, 0) is 0 Å². The summed E-state index contributed by atoms with van der Waals surface area (Å²) in [6, 6.07) is 7.15. The molecule has 0 saturated carbocycles.